The smallest absolute Gasteiger partial charge is 0.226 e. The van der Waals surface area contributed by atoms with Gasteiger partial charge in [0, 0.05) is 17.8 Å². The molecule has 1 N–H and O–H groups in total. The summed E-state index contributed by atoms with van der Waals surface area (Å²) in [5.41, 5.74) is 0.873. The first-order valence-electron chi connectivity index (χ1n) is 8.83. The molecule has 0 unspecified atom stereocenters. The quantitative estimate of drug-likeness (QED) is 0.840. The molecule has 1 amide bonds. The molecule has 2 aromatic rings. The van der Waals surface area contributed by atoms with Crippen molar-refractivity contribution in [1.29, 1.82) is 5.26 Å². The van der Waals surface area contributed by atoms with Gasteiger partial charge >= 0.3 is 0 Å². The van der Waals surface area contributed by atoms with Gasteiger partial charge in [0.05, 0.1) is 17.1 Å². The van der Waals surface area contributed by atoms with Crippen LogP contribution in [0.3, 0.4) is 0 Å². The molecule has 0 bridgehead atoms. The second kappa shape index (κ2) is 6.51. The number of benzene rings is 1. The maximum atomic E-state index is 14.4. The van der Waals surface area contributed by atoms with Crippen LogP contribution in [0.1, 0.15) is 64.5 Å². The summed E-state index contributed by atoms with van der Waals surface area (Å²) in [5.74, 6) is 0.137. The van der Waals surface area contributed by atoms with E-state index in [0.29, 0.717) is 28.7 Å². The lowest BCUT2D eigenvalue weighted by Gasteiger charge is -2.20. The minimum atomic E-state index is -0.419. The molecule has 1 aromatic heterocycles. The number of hydrogen-bond acceptors (Lipinski definition) is 2. The van der Waals surface area contributed by atoms with Gasteiger partial charge in [-0.2, -0.15) is 5.26 Å². The number of fused-ring (bicyclic) bond motifs is 1. The molecule has 0 spiro atoms. The molecule has 1 aromatic carbocycles. The standard InChI is InChI=1S/C20H24FN3O/c1-20(2,3)11-19(25)23-18-10-15-16(21)8-13(12-22)9-17(15)24(18)14-6-4-5-7-14/h8-10,14H,4-7,11H2,1-3H3,(H,23,25). The van der Waals surface area contributed by atoms with Crippen molar-refractivity contribution in [2.75, 3.05) is 5.32 Å². The zero-order valence-corrected chi connectivity index (χ0v) is 15.0. The second-order valence-electron chi connectivity index (χ2n) is 8.13. The molecular weight excluding hydrogens is 317 g/mol. The van der Waals surface area contributed by atoms with Gasteiger partial charge in [-0.1, -0.05) is 33.6 Å². The number of halogens is 1. The highest BCUT2D eigenvalue weighted by Gasteiger charge is 2.25. The van der Waals surface area contributed by atoms with Crippen molar-refractivity contribution < 1.29 is 9.18 Å². The van der Waals surface area contributed by atoms with E-state index in [0.717, 1.165) is 25.7 Å². The fraction of sp³-hybridized carbons (Fsp3) is 0.500. The third kappa shape index (κ3) is 3.68. The molecule has 3 rings (SSSR count). The maximum absolute atomic E-state index is 14.4. The highest BCUT2D eigenvalue weighted by Crippen LogP contribution is 2.38. The molecule has 5 heteroatoms. The summed E-state index contributed by atoms with van der Waals surface area (Å²) in [6.07, 6.45) is 4.65. The van der Waals surface area contributed by atoms with Crippen LogP contribution >= 0.6 is 0 Å². The molecule has 1 fully saturated rings. The summed E-state index contributed by atoms with van der Waals surface area (Å²) in [7, 11) is 0. The lowest BCUT2D eigenvalue weighted by atomic mass is 9.92. The summed E-state index contributed by atoms with van der Waals surface area (Å²) in [6, 6.07) is 6.92. The van der Waals surface area contributed by atoms with E-state index in [4.69, 9.17) is 5.26 Å². The van der Waals surface area contributed by atoms with Crippen LogP contribution in [0.2, 0.25) is 0 Å². The van der Waals surface area contributed by atoms with Gasteiger partial charge in [-0.15, -0.1) is 0 Å². The number of rotatable bonds is 3. The Morgan fingerprint density at radius 3 is 2.60 bits per heavy atom. The van der Waals surface area contributed by atoms with E-state index in [1.165, 1.54) is 6.07 Å². The van der Waals surface area contributed by atoms with Crippen LogP contribution in [0, 0.1) is 22.6 Å². The predicted octanol–water partition coefficient (Wildman–Crippen LogP) is 5.14. The van der Waals surface area contributed by atoms with Crippen molar-refractivity contribution in [3.05, 3.63) is 29.6 Å². The van der Waals surface area contributed by atoms with Gasteiger partial charge in [0.15, 0.2) is 0 Å². The van der Waals surface area contributed by atoms with Gasteiger partial charge in [-0.05, 0) is 36.5 Å². The number of carbonyl (C=O) groups excluding carboxylic acids is 1. The normalized spacial score (nSPS) is 15.5. The van der Waals surface area contributed by atoms with Crippen molar-refractivity contribution in [2.45, 2.75) is 58.9 Å². The summed E-state index contributed by atoms with van der Waals surface area (Å²) in [5, 5.41) is 12.6. The van der Waals surface area contributed by atoms with Crippen LogP contribution in [-0.2, 0) is 4.79 Å². The highest BCUT2D eigenvalue weighted by molar-refractivity contribution is 5.95. The minimum absolute atomic E-state index is 0.0736. The molecule has 25 heavy (non-hydrogen) atoms. The SMILES string of the molecule is CC(C)(C)CC(=O)Nc1cc2c(F)cc(C#N)cc2n1C1CCCC1. The Kier molecular flexibility index (Phi) is 4.55. The van der Waals surface area contributed by atoms with E-state index in [-0.39, 0.29) is 17.4 Å². The number of aromatic nitrogens is 1. The third-order valence-electron chi connectivity index (χ3n) is 4.69. The van der Waals surface area contributed by atoms with Gasteiger partial charge < -0.3 is 9.88 Å². The zero-order chi connectivity index (χ0) is 18.2. The van der Waals surface area contributed by atoms with Crippen LogP contribution in [0.25, 0.3) is 10.9 Å². The second-order valence-corrected chi connectivity index (χ2v) is 8.13. The van der Waals surface area contributed by atoms with Crippen LogP contribution in [0.15, 0.2) is 18.2 Å². The molecule has 4 nitrogen and oxygen atoms in total. The third-order valence-corrected chi connectivity index (χ3v) is 4.69. The van der Waals surface area contributed by atoms with Crippen molar-refractivity contribution in [3.63, 3.8) is 0 Å². The molecule has 0 aliphatic heterocycles. The Labute approximate surface area is 147 Å². The maximum Gasteiger partial charge on any atom is 0.226 e. The highest BCUT2D eigenvalue weighted by atomic mass is 19.1. The van der Waals surface area contributed by atoms with Gasteiger partial charge in [0.1, 0.15) is 11.6 Å². The predicted molar refractivity (Wildman–Crippen MR) is 96.8 cm³/mol. The first-order chi connectivity index (χ1) is 11.8. The van der Waals surface area contributed by atoms with E-state index in [2.05, 4.69) is 5.32 Å². The first kappa shape index (κ1) is 17.5. The number of nitrogens with zero attached hydrogens (tertiary/aromatic N) is 2. The number of amides is 1. The Balaban J connectivity index is 2.07. The fourth-order valence-electron chi connectivity index (χ4n) is 3.67. The average molecular weight is 341 g/mol. The van der Waals surface area contributed by atoms with Crippen LogP contribution < -0.4 is 5.32 Å². The number of hydrogen-bond donors (Lipinski definition) is 1. The molecule has 0 saturated heterocycles. The van der Waals surface area contributed by atoms with Crippen LogP contribution in [0.4, 0.5) is 10.2 Å². The Morgan fingerprint density at radius 1 is 1.32 bits per heavy atom. The molecule has 1 aliphatic rings. The van der Waals surface area contributed by atoms with E-state index < -0.39 is 5.82 Å². The van der Waals surface area contributed by atoms with Crippen LogP contribution in [-0.4, -0.2) is 10.5 Å². The van der Waals surface area contributed by atoms with Gasteiger partial charge in [-0.3, -0.25) is 4.79 Å². The Morgan fingerprint density at radius 2 is 2.00 bits per heavy atom. The molecule has 132 valence electrons. The van der Waals surface area contributed by atoms with Gasteiger partial charge in [0.2, 0.25) is 5.91 Å². The number of nitriles is 1. The lowest BCUT2D eigenvalue weighted by molar-refractivity contribution is -0.117. The van der Waals surface area contributed by atoms with Crippen LogP contribution in [0.5, 0.6) is 0 Å². The summed E-state index contributed by atoms with van der Waals surface area (Å²) >= 11 is 0. The average Bonchev–Trinajstić information content (AvgIpc) is 3.12. The molecule has 0 radical (unpaired) electrons. The summed E-state index contributed by atoms with van der Waals surface area (Å²) in [6.45, 7) is 6.04. The van der Waals surface area contributed by atoms with E-state index in [9.17, 15) is 9.18 Å². The number of carbonyl (C=O) groups is 1. The first-order valence-corrected chi connectivity index (χ1v) is 8.83. The molecular formula is C20H24FN3O. The lowest BCUT2D eigenvalue weighted by Crippen LogP contribution is -2.21. The summed E-state index contributed by atoms with van der Waals surface area (Å²) in [4.78, 5) is 12.4. The van der Waals surface area contributed by atoms with E-state index in [1.54, 1.807) is 12.1 Å². The number of nitrogens with one attached hydrogen (secondary N) is 1. The van der Waals surface area contributed by atoms with Crippen molar-refractivity contribution in [2.24, 2.45) is 5.41 Å². The molecule has 1 saturated carbocycles. The topological polar surface area (TPSA) is 57.8 Å². The Bertz CT molecular complexity index is 848. The summed E-state index contributed by atoms with van der Waals surface area (Å²) < 4.78 is 16.5. The molecule has 1 aliphatic carbocycles. The minimum Gasteiger partial charge on any atom is -0.324 e. The van der Waals surface area contributed by atoms with Crippen molar-refractivity contribution >= 4 is 22.6 Å². The number of anilines is 1. The largest absolute Gasteiger partial charge is 0.324 e. The molecule has 0 atom stereocenters. The monoisotopic (exact) mass is 341 g/mol. The van der Waals surface area contributed by atoms with Crippen molar-refractivity contribution in [1.82, 2.24) is 4.57 Å². The fourth-order valence-corrected chi connectivity index (χ4v) is 3.67. The zero-order valence-electron chi connectivity index (χ0n) is 15.0. The Hall–Kier alpha value is -2.35. The van der Waals surface area contributed by atoms with Gasteiger partial charge in [0.25, 0.3) is 0 Å². The molecule has 1 heterocycles. The van der Waals surface area contributed by atoms with Gasteiger partial charge in [-0.25, -0.2) is 4.39 Å². The van der Waals surface area contributed by atoms with E-state index >= 15 is 0 Å². The van der Waals surface area contributed by atoms with E-state index in [1.807, 2.05) is 31.4 Å². The van der Waals surface area contributed by atoms with Crippen molar-refractivity contribution in [3.8, 4) is 6.07 Å².